The predicted molar refractivity (Wildman–Crippen MR) is 312 cm³/mol. The number of aromatic hydroxyl groups is 1. The van der Waals surface area contributed by atoms with Gasteiger partial charge in [0.25, 0.3) is 5.91 Å². The number of carbonyl (C=O) groups excluding carboxylic acids is 8. The van der Waals surface area contributed by atoms with Crippen molar-refractivity contribution in [1.29, 1.82) is 0 Å². The number of nitrogens with two attached hydrogens (primary N) is 1. The molecule has 45 heteroatoms. The standard InChI is InChI=1S/C46H61N16O23P3S3/c1-5-59-13-14-60(40(71)39(59)70)44(73)54-27(22-6-8-24(63)9-7-22)36(67)53-29-38(69)62-30(23(17-90-42(29)62)18-91-45-55-56-57-58(45)4)43(72)89-15-12-48-26(64)10-11-49-37(68)33(66)46(2,3)19-82-88(79,80)85-87(77,78)81-16-25-32(84-86(74,75)76)31(65)41(83-25)61-21-52-28-34(47)50-20-51-35(28)61/h6-9,20-21,25,27,29,31-33,41-42,63,65-66H,5,10-19H2,1-4H3,(H,48,64)(H,49,68)(H,53,67)(H,54,73)(H,77,78)(H,79,80)(H2,47,50,51)(H2,74,75,76)/t25?,27?,29-,31?,32?,33?,41?,42-/m1/s1. The van der Waals surface area contributed by atoms with Crippen molar-refractivity contribution in [2.45, 2.75) is 80.4 Å². The van der Waals surface area contributed by atoms with Crippen molar-refractivity contribution < 1.29 is 110 Å². The zero-order chi connectivity index (χ0) is 66.5. The average Bonchev–Trinajstić information content (AvgIpc) is 1.18. The van der Waals surface area contributed by atoms with Crippen LogP contribution in [0.5, 0.6) is 5.75 Å². The number of urea groups is 1. The van der Waals surface area contributed by atoms with Crippen LogP contribution in [-0.4, -0.2) is 235 Å². The Kier molecular flexibility index (Phi) is 22.5. The molecule has 0 aliphatic carbocycles. The first-order valence-corrected chi connectivity index (χ1v) is 34.4. The van der Waals surface area contributed by atoms with Crippen LogP contribution in [0.15, 0.2) is 53.3 Å². The molecule has 3 fully saturated rings. The maximum Gasteiger partial charge on any atom is 0.481 e. The fourth-order valence-corrected chi connectivity index (χ4v) is 15.1. The van der Waals surface area contributed by atoms with E-state index in [1.165, 1.54) is 76.1 Å². The highest BCUT2D eigenvalue weighted by Gasteiger charge is 2.55. The number of aromatic nitrogens is 8. The molecule has 8 unspecified atom stereocenters. The smallest absolute Gasteiger partial charge is 0.481 e. The lowest BCUT2D eigenvalue weighted by Crippen LogP contribution is -2.71. The Morgan fingerprint density at radius 1 is 0.956 bits per heavy atom. The van der Waals surface area contributed by atoms with E-state index in [1.54, 1.807) is 14.0 Å². The summed E-state index contributed by atoms with van der Waals surface area (Å²) in [6.45, 7) is 1.56. The summed E-state index contributed by atoms with van der Waals surface area (Å²) in [5, 5.41) is 52.2. The van der Waals surface area contributed by atoms with E-state index in [4.69, 9.17) is 19.5 Å². The number of anilines is 1. The molecule has 0 bridgehead atoms. The van der Waals surface area contributed by atoms with Gasteiger partial charge in [0.15, 0.2) is 17.7 Å². The number of phenols is 1. The van der Waals surface area contributed by atoms with Crippen LogP contribution < -0.4 is 27.0 Å². The van der Waals surface area contributed by atoms with Crippen molar-refractivity contribution in [3.05, 3.63) is 53.8 Å². The van der Waals surface area contributed by atoms with Crippen LogP contribution in [0.2, 0.25) is 0 Å². The molecule has 8 amide bonds. The van der Waals surface area contributed by atoms with Gasteiger partial charge in [-0.3, -0.25) is 61.5 Å². The highest BCUT2D eigenvalue weighted by Crippen LogP contribution is 2.61. The summed E-state index contributed by atoms with van der Waals surface area (Å²) < 4.78 is 64.3. The number of thioether (sulfide) groups is 3. The molecule has 0 radical (unpaired) electrons. The van der Waals surface area contributed by atoms with Crippen LogP contribution in [-0.2, 0) is 76.9 Å². The number of fused-ring (bicyclic) bond motifs is 2. The Morgan fingerprint density at radius 3 is 2.35 bits per heavy atom. The number of aliphatic hydroxyl groups excluding tert-OH is 2. The Balaban J connectivity index is 0.797. The number of likely N-dealkylation sites (N-methyl/N-ethyl adjacent to an activating group) is 1. The molecule has 10 atom stereocenters. The molecule has 91 heavy (non-hydrogen) atoms. The predicted octanol–water partition coefficient (Wildman–Crippen LogP) is -2.52. The minimum Gasteiger partial charge on any atom is -0.508 e. The fraction of sp³-hybridized carbons (Fsp3) is 0.522. The molecule has 0 spiro atoms. The number of hydrogen-bond donors (Lipinski definition) is 12. The molecule has 39 nitrogen and oxygen atoms in total. The number of nitrogens with zero attached hydrogens (tertiary/aromatic N) is 11. The van der Waals surface area contributed by atoms with Crippen molar-refractivity contribution in [3.63, 3.8) is 0 Å². The number of aryl methyl sites for hydroxylation is 1. The topological polar surface area (TPSA) is 547 Å². The van der Waals surface area contributed by atoms with Crippen LogP contribution in [0.4, 0.5) is 10.6 Å². The summed E-state index contributed by atoms with van der Waals surface area (Å²) >= 11 is 3.18. The van der Waals surface area contributed by atoms with Crippen molar-refractivity contribution >= 4 is 122 Å². The summed E-state index contributed by atoms with van der Waals surface area (Å²) in [7, 11) is -15.1. The summed E-state index contributed by atoms with van der Waals surface area (Å²) in [5.74, 6) is -5.22. The molecule has 4 aliphatic heterocycles. The molecule has 1 aromatic carbocycles. The highest BCUT2D eigenvalue weighted by molar-refractivity contribution is 8.14. The molecule has 3 saturated heterocycles. The van der Waals surface area contributed by atoms with E-state index in [1.807, 2.05) is 0 Å². The van der Waals surface area contributed by atoms with E-state index in [0.29, 0.717) is 15.6 Å². The van der Waals surface area contributed by atoms with E-state index >= 15 is 0 Å². The number of imide groups is 1. The lowest BCUT2D eigenvalue weighted by molar-refractivity contribution is -0.153. The summed E-state index contributed by atoms with van der Waals surface area (Å²) in [4.78, 5) is 162. The van der Waals surface area contributed by atoms with Crippen LogP contribution in [0.25, 0.3) is 11.2 Å². The van der Waals surface area contributed by atoms with Gasteiger partial charge in [-0.1, -0.05) is 49.5 Å². The first-order chi connectivity index (χ1) is 42.8. The van der Waals surface area contributed by atoms with E-state index in [2.05, 4.69) is 60.6 Å². The second kappa shape index (κ2) is 29.2. The SMILES string of the molecule is CCN1CCN(C(=O)NC(C(=O)N[C@@H]2C(=O)N3C(C(=O)SCCNC(=O)CCNC(=O)C(O)C(C)(C)COP(=O)(O)OP(=O)(O)OCC4OC(n5cnc6c(N)ncnc65)C(O)C4OP(=O)(O)O)=C(CSc4nnnn4C)CS[C@H]23)c2ccc(O)cc2)C(=O)C1=O. The number of amides is 8. The quantitative estimate of drug-likeness (QED) is 0.00918. The lowest BCUT2D eigenvalue weighted by Gasteiger charge is -2.50. The van der Waals surface area contributed by atoms with Crippen molar-refractivity contribution in [1.82, 2.24) is 75.7 Å². The van der Waals surface area contributed by atoms with Gasteiger partial charge < -0.3 is 71.5 Å². The molecule has 8 rings (SSSR count). The minimum atomic E-state index is -5.67. The molecule has 0 saturated carbocycles. The Bertz CT molecular complexity index is 3640. The van der Waals surface area contributed by atoms with Gasteiger partial charge in [-0.25, -0.2) is 38.1 Å². The summed E-state index contributed by atoms with van der Waals surface area (Å²) in [6, 6.07) is 1.37. The maximum absolute atomic E-state index is 14.1. The Labute approximate surface area is 526 Å². The van der Waals surface area contributed by atoms with Gasteiger partial charge in [0.2, 0.25) is 28.0 Å². The molecule has 13 N–H and O–H groups in total. The van der Waals surface area contributed by atoms with Crippen LogP contribution in [0.1, 0.15) is 45.0 Å². The number of β-lactam (4-membered cyclic amide) rings is 1. The van der Waals surface area contributed by atoms with Gasteiger partial charge in [-0.2, -0.15) is 4.31 Å². The summed E-state index contributed by atoms with van der Waals surface area (Å²) in [5.41, 5.74) is 4.79. The molecule has 4 aromatic rings. The molecule has 7 heterocycles. The number of aliphatic hydroxyl groups is 2. The first kappa shape index (κ1) is 70.3. The zero-order valence-corrected chi connectivity index (χ0v) is 53.2. The number of phosphoric acid groups is 3. The number of piperazine rings is 1. The van der Waals surface area contributed by atoms with E-state index in [-0.39, 0.29) is 90.4 Å². The number of nitrogens with one attached hydrogen (secondary N) is 4. The first-order valence-electron chi connectivity index (χ1n) is 26.9. The average molecular weight is 1400 g/mol. The fourth-order valence-electron chi connectivity index (χ4n) is 9.20. The zero-order valence-electron chi connectivity index (χ0n) is 48.1. The molecule has 4 aliphatic rings. The Hall–Kier alpha value is -6.56. The normalized spacial score (nSPS) is 22.4. The molecular formula is C46H61N16O23P3S3. The van der Waals surface area contributed by atoms with E-state index in [9.17, 15) is 86.9 Å². The number of phosphoric ester groups is 3. The Morgan fingerprint density at radius 2 is 1.67 bits per heavy atom. The number of tetrazole rings is 1. The number of carbonyl (C=O) groups is 8. The van der Waals surface area contributed by atoms with Crippen LogP contribution >= 0.6 is 58.8 Å². The van der Waals surface area contributed by atoms with Crippen molar-refractivity contribution in [2.24, 2.45) is 12.5 Å². The lowest BCUT2D eigenvalue weighted by atomic mass is 9.87. The number of rotatable bonds is 28. The second-order valence-corrected chi connectivity index (χ2v) is 28.1. The van der Waals surface area contributed by atoms with Crippen LogP contribution in [0, 0.1) is 5.41 Å². The number of benzene rings is 1. The number of ether oxygens (including phenoxy) is 1. The van der Waals surface area contributed by atoms with Gasteiger partial charge in [0.1, 0.15) is 65.2 Å². The van der Waals surface area contributed by atoms with Crippen molar-refractivity contribution in [3.8, 4) is 5.75 Å². The van der Waals surface area contributed by atoms with E-state index in [0.717, 1.165) is 29.0 Å². The van der Waals surface area contributed by atoms with Crippen molar-refractivity contribution in [2.75, 3.05) is 68.9 Å². The largest absolute Gasteiger partial charge is 0.508 e. The molecular weight excluding hydrogens is 1330 g/mol. The van der Waals surface area contributed by atoms with Gasteiger partial charge in [0.05, 0.1) is 19.5 Å². The van der Waals surface area contributed by atoms with Gasteiger partial charge in [-0.05, 0) is 40.6 Å². The third-order valence-corrected chi connectivity index (χ3v) is 20.3. The monoisotopic (exact) mass is 1390 g/mol. The van der Waals surface area contributed by atoms with E-state index < -0.39 is 137 Å². The third-order valence-electron chi connectivity index (χ3n) is 13.9. The van der Waals surface area contributed by atoms with Gasteiger partial charge in [-0.15, -0.1) is 16.9 Å². The second-order valence-electron chi connectivity index (χ2n) is 20.7. The third kappa shape index (κ3) is 17.0. The summed E-state index contributed by atoms with van der Waals surface area (Å²) in [6.07, 6.45) is -7.50. The number of hydrogen-bond acceptors (Lipinski definition) is 29. The number of nitrogen functional groups attached to an aromatic ring is 1. The highest BCUT2D eigenvalue weighted by atomic mass is 32.2. The van der Waals surface area contributed by atoms with Gasteiger partial charge >= 0.3 is 41.3 Å². The molecule has 3 aromatic heterocycles. The van der Waals surface area contributed by atoms with Crippen LogP contribution in [0.3, 0.4) is 0 Å². The number of phenolic OH excluding ortho intramolecular Hbond substituents is 1. The van der Waals surface area contributed by atoms with Gasteiger partial charge in [0, 0.05) is 68.9 Å². The molecule has 496 valence electrons. The number of imidazole rings is 1. The maximum atomic E-state index is 14.1. The minimum absolute atomic E-state index is 0.00437.